The van der Waals surface area contributed by atoms with E-state index in [4.69, 9.17) is 9.47 Å². The summed E-state index contributed by atoms with van der Waals surface area (Å²) in [4.78, 5) is 16.8. The molecule has 0 radical (unpaired) electrons. The number of rotatable bonds is 3. The maximum atomic E-state index is 13.3. The highest BCUT2D eigenvalue weighted by Crippen LogP contribution is 2.48. The number of hydrogen-bond acceptors (Lipinski definition) is 6. The van der Waals surface area contributed by atoms with Gasteiger partial charge in [-0.1, -0.05) is 26.0 Å². The molecule has 0 fully saturated rings. The van der Waals surface area contributed by atoms with Crippen molar-refractivity contribution in [3.8, 4) is 11.5 Å². The van der Waals surface area contributed by atoms with Crippen molar-refractivity contribution < 1.29 is 27.4 Å². The van der Waals surface area contributed by atoms with E-state index in [1.807, 2.05) is 13.8 Å². The number of alkyl halides is 3. The van der Waals surface area contributed by atoms with Gasteiger partial charge in [0.15, 0.2) is 17.3 Å². The van der Waals surface area contributed by atoms with Gasteiger partial charge in [0.05, 0.1) is 14.2 Å². The zero-order chi connectivity index (χ0) is 21.8. The number of para-hydroxylation sites is 1. The maximum Gasteiger partial charge on any atom is 0.453 e. The second-order valence-corrected chi connectivity index (χ2v) is 8.14. The van der Waals surface area contributed by atoms with Gasteiger partial charge in [-0.15, -0.1) is 5.10 Å². The Morgan fingerprint density at radius 1 is 1.20 bits per heavy atom. The molecule has 0 spiro atoms. The van der Waals surface area contributed by atoms with Crippen molar-refractivity contribution in [2.45, 2.75) is 38.9 Å². The summed E-state index contributed by atoms with van der Waals surface area (Å²) in [7, 11) is 2.90. The molecule has 0 bridgehead atoms. The van der Waals surface area contributed by atoms with E-state index in [1.165, 1.54) is 14.2 Å². The summed E-state index contributed by atoms with van der Waals surface area (Å²) >= 11 is 0. The van der Waals surface area contributed by atoms with E-state index in [9.17, 15) is 18.0 Å². The summed E-state index contributed by atoms with van der Waals surface area (Å²) in [6, 6.07) is 4.13. The predicted molar refractivity (Wildman–Crippen MR) is 101 cm³/mol. The first kappa shape index (κ1) is 20.2. The fourth-order valence-electron chi connectivity index (χ4n) is 4.14. The van der Waals surface area contributed by atoms with E-state index in [0.29, 0.717) is 34.8 Å². The van der Waals surface area contributed by atoms with E-state index in [-0.39, 0.29) is 23.6 Å². The number of halogens is 3. The topological polar surface area (TPSA) is 78.3 Å². The standard InChI is InChI=1S/C20H21F3N4O3/c1-19(2)8-11-14(12(28)9-19)15(10-6-5-7-13(29-3)16(10)30-4)27-18(24-11)25-17(26-27)20(21,22)23/h5-7,15H,8-9H2,1-4H3,(H,24,25,26)/t15-/m0/s1. The number of benzene rings is 1. The van der Waals surface area contributed by atoms with Crippen LogP contribution in [0, 0.1) is 5.41 Å². The zero-order valence-corrected chi connectivity index (χ0v) is 16.9. The summed E-state index contributed by atoms with van der Waals surface area (Å²) in [6.07, 6.45) is -3.96. The number of hydrogen-bond donors (Lipinski definition) is 1. The van der Waals surface area contributed by atoms with Gasteiger partial charge in [0, 0.05) is 23.3 Å². The molecule has 7 nitrogen and oxygen atoms in total. The minimum Gasteiger partial charge on any atom is -0.493 e. The molecule has 1 aromatic heterocycles. The van der Waals surface area contributed by atoms with Crippen molar-refractivity contribution in [1.29, 1.82) is 0 Å². The average molecular weight is 422 g/mol. The molecule has 1 atom stereocenters. The smallest absolute Gasteiger partial charge is 0.453 e. The van der Waals surface area contributed by atoms with Gasteiger partial charge in [-0.25, -0.2) is 4.68 Å². The van der Waals surface area contributed by atoms with Gasteiger partial charge >= 0.3 is 6.18 Å². The third-order valence-electron chi connectivity index (χ3n) is 5.31. The summed E-state index contributed by atoms with van der Waals surface area (Å²) in [6.45, 7) is 3.88. The van der Waals surface area contributed by atoms with Gasteiger partial charge in [0.1, 0.15) is 6.04 Å². The number of fused-ring (bicyclic) bond motifs is 1. The fraction of sp³-hybridized carbons (Fsp3) is 0.450. The maximum absolute atomic E-state index is 13.3. The molecule has 1 N–H and O–H groups in total. The molecule has 1 aliphatic heterocycles. The quantitative estimate of drug-likeness (QED) is 0.807. The van der Waals surface area contributed by atoms with Crippen molar-refractivity contribution in [3.05, 3.63) is 40.9 Å². The van der Waals surface area contributed by atoms with E-state index in [1.54, 1.807) is 18.2 Å². The second-order valence-electron chi connectivity index (χ2n) is 8.14. The number of ether oxygens (including phenoxy) is 2. The van der Waals surface area contributed by atoms with Crippen LogP contribution in [-0.2, 0) is 11.0 Å². The average Bonchev–Trinajstić information content (AvgIpc) is 3.08. The lowest BCUT2D eigenvalue weighted by Crippen LogP contribution is -2.36. The Labute approximate surface area is 170 Å². The minimum atomic E-state index is -4.72. The lowest BCUT2D eigenvalue weighted by molar-refractivity contribution is -0.145. The number of allylic oxidation sites excluding steroid dienone is 2. The summed E-state index contributed by atoms with van der Waals surface area (Å²) in [5.41, 5.74) is 1.06. The molecular weight excluding hydrogens is 401 g/mol. The van der Waals surface area contributed by atoms with Crippen LogP contribution in [0.3, 0.4) is 0 Å². The lowest BCUT2D eigenvalue weighted by Gasteiger charge is -2.38. The van der Waals surface area contributed by atoms with E-state index in [2.05, 4.69) is 15.4 Å². The van der Waals surface area contributed by atoms with Gasteiger partial charge in [-0.2, -0.15) is 18.2 Å². The number of methoxy groups -OCH3 is 2. The van der Waals surface area contributed by atoms with Crippen LogP contribution in [0.15, 0.2) is 29.5 Å². The van der Waals surface area contributed by atoms with Gasteiger partial charge in [-0.05, 0) is 17.9 Å². The highest BCUT2D eigenvalue weighted by Gasteiger charge is 2.45. The summed E-state index contributed by atoms with van der Waals surface area (Å²) in [5.74, 6) is -0.772. The number of nitrogens with one attached hydrogen (secondary N) is 1. The Kier molecular flexibility index (Phi) is 4.55. The Balaban J connectivity index is 1.98. The molecule has 1 aromatic carbocycles. The highest BCUT2D eigenvalue weighted by molar-refractivity contribution is 6.00. The number of carbonyl (C=O) groups is 1. The number of aromatic nitrogens is 3. The molecule has 2 aromatic rings. The molecule has 30 heavy (non-hydrogen) atoms. The molecule has 2 heterocycles. The Morgan fingerprint density at radius 3 is 2.57 bits per heavy atom. The molecule has 0 amide bonds. The predicted octanol–water partition coefficient (Wildman–Crippen LogP) is 3.97. The van der Waals surface area contributed by atoms with Crippen molar-refractivity contribution in [3.63, 3.8) is 0 Å². The minimum absolute atomic E-state index is 0.0681. The third kappa shape index (κ3) is 3.20. The van der Waals surface area contributed by atoms with E-state index >= 15 is 0 Å². The summed E-state index contributed by atoms with van der Waals surface area (Å²) in [5, 5.41) is 6.63. The number of ketones is 1. The number of anilines is 1. The van der Waals surface area contributed by atoms with Gasteiger partial charge in [-0.3, -0.25) is 4.79 Å². The number of nitrogens with zero attached hydrogens (tertiary/aromatic N) is 3. The van der Waals surface area contributed by atoms with Crippen LogP contribution in [0.25, 0.3) is 0 Å². The zero-order valence-electron chi connectivity index (χ0n) is 16.9. The third-order valence-corrected chi connectivity index (χ3v) is 5.31. The number of Topliss-reactive ketones (excluding diaryl/α,β-unsaturated/α-hetero) is 1. The van der Waals surface area contributed by atoms with Crippen molar-refractivity contribution >= 4 is 11.7 Å². The van der Waals surface area contributed by atoms with Crippen molar-refractivity contribution in [2.24, 2.45) is 5.41 Å². The van der Waals surface area contributed by atoms with Crippen LogP contribution in [0.1, 0.15) is 44.1 Å². The van der Waals surface area contributed by atoms with E-state index in [0.717, 1.165) is 4.68 Å². The first-order chi connectivity index (χ1) is 14.1. The Morgan fingerprint density at radius 2 is 1.93 bits per heavy atom. The molecule has 0 saturated heterocycles. The van der Waals surface area contributed by atoms with Crippen LogP contribution in [0.4, 0.5) is 19.1 Å². The molecule has 2 aliphatic rings. The molecule has 4 rings (SSSR count). The first-order valence-corrected chi connectivity index (χ1v) is 9.33. The molecule has 0 unspecified atom stereocenters. The molecule has 10 heteroatoms. The van der Waals surface area contributed by atoms with Crippen LogP contribution in [-0.4, -0.2) is 34.8 Å². The largest absolute Gasteiger partial charge is 0.493 e. The van der Waals surface area contributed by atoms with Gasteiger partial charge < -0.3 is 14.8 Å². The summed E-state index contributed by atoms with van der Waals surface area (Å²) < 4.78 is 52.0. The normalized spacial score (nSPS) is 20.4. The first-order valence-electron chi connectivity index (χ1n) is 9.33. The lowest BCUT2D eigenvalue weighted by atomic mass is 9.73. The molecule has 160 valence electrons. The van der Waals surface area contributed by atoms with Crippen molar-refractivity contribution in [1.82, 2.24) is 14.8 Å². The van der Waals surface area contributed by atoms with Crippen LogP contribution < -0.4 is 14.8 Å². The Hall–Kier alpha value is -3.04. The van der Waals surface area contributed by atoms with Crippen LogP contribution >= 0.6 is 0 Å². The molecule has 0 saturated carbocycles. The van der Waals surface area contributed by atoms with Crippen molar-refractivity contribution in [2.75, 3.05) is 19.5 Å². The monoisotopic (exact) mass is 422 g/mol. The molecular formula is C20H21F3N4O3. The fourth-order valence-corrected chi connectivity index (χ4v) is 4.14. The van der Waals surface area contributed by atoms with Crippen LogP contribution in [0.5, 0.6) is 11.5 Å². The SMILES string of the molecule is COc1cccc([C@H]2C3=C(CC(C)(C)CC3=O)Nc3nc(C(F)(F)F)nn32)c1OC. The molecule has 1 aliphatic carbocycles. The number of carbonyl (C=O) groups excluding carboxylic acids is 1. The van der Waals surface area contributed by atoms with Gasteiger partial charge in [0.2, 0.25) is 5.95 Å². The second kappa shape index (κ2) is 6.75. The highest BCUT2D eigenvalue weighted by atomic mass is 19.4. The van der Waals surface area contributed by atoms with E-state index < -0.39 is 18.0 Å². The Bertz CT molecular complexity index is 1060. The van der Waals surface area contributed by atoms with Gasteiger partial charge in [0.25, 0.3) is 5.82 Å². The van der Waals surface area contributed by atoms with Crippen LogP contribution in [0.2, 0.25) is 0 Å².